The van der Waals surface area contributed by atoms with Crippen molar-refractivity contribution in [2.24, 2.45) is 0 Å². The van der Waals surface area contributed by atoms with Crippen LogP contribution in [0.1, 0.15) is 0 Å². The summed E-state index contributed by atoms with van der Waals surface area (Å²) < 4.78 is 3.94. The van der Waals surface area contributed by atoms with Crippen LogP contribution in [0.2, 0.25) is 0 Å². The Balaban J connectivity index is 0.000000368. The molecular formula is C18H19B2NO3. The molecule has 3 rings (SSSR count). The van der Waals surface area contributed by atoms with Crippen LogP contribution in [0.3, 0.4) is 0 Å². The molecule has 0 radical (unpaired) electrons. The summed E-state index contributed by atoms with van der Waals surface area (Å²) in [6, 6.07) is 31.3. The molecule has 0 saturated carbocycles. The van der Waals surface area contributed by atoms with Crippen molar-refractivity contribution >= 4 is 32.4 Å². The zero-order valence-electron chi connectivity index (χ0n) is 13.3. The second-order valence-corrected chi connectivity index (χ2v) is 4.80. The van der Waals surface area contributed by atoms with Crippen molar-refractivity contribution in [1.82, 2.24) is 0 Å². The van der Waals surface area contributed by atoms with Gasteiger partial charge in [0.25, 0.3) is 0 Å². The minimum atomic E-state index is -0.406. The van der Waals surface area contributed by atoms with Crippen molar-refractivity contribution in [2.45, 2.75) is 0 Å². The van der Waals surface area contributed by atoms with E-state index in [0.29, 0.717) is 0 Å². The van der Waals surface area contributed by atoms with E-state index in [9.17, 15) is 0 Å². The van der Waals surface area contributed by atoms with E-state index in [1.807, 2.05) is 18.2 Å². The van der Waals surface area contributed by atoms with E-state index in [1.54, 1.807) is 0 Å². The number of benzene rings is 3. The van der Waals surface area contributed by atoms with Gasteiger partial charge < -0.3 is 19.5 Å². The molecule has 0 fully saturated rings. The number of rotatable bonds is 5. The van der Waals surface area contributed by atoms with Gasteiger partial charge in [-0.1, -0.05) is 54.6 Å². The highest BCUT2D eigenvalue weighted by molar-refractivity contribution is 6.32. The predicted molar refractivity (Wildman–Crippen MR) is 101 cm³/mol. The largest absolute Gasteiger partial charge is 0.457 e. The van der Waals surface area contributed by atoms with E-state index in [4.69, 9.17) is 10.0 Å². The Kier molecular flexibility index (Phi) is 7.63. The summed E-state index contributed by atoms with van der Waals surface area (Å²) in [4.78, 5) is 2.25. The van der Waals surface area contributed by atoms with E-state index in [1.165, 1.54) is 17.1 Å². The molecule has 0 amide bonds. The van der Waals surface area contributed by atoms with E-state index in [2.05, 4.69) is 82.3 Å². The van der Waals surface area contributed by atoms with Gasteiger partial charge in [-0.3, -0.25) is 0 Å². The highest BCUT2D eigenvalue weighted by atomic mass is 16.5. The van der Waals surface area contributed by atoms with Gasteiger partial charge in [-0.05, 0) is 36.4 Å². The zero-order valence-corrected chi connectivity index (χ0v) is 13.3. The highest BCUT2D eigenvalue weighted by Gasteiger charge is 2.10. The molecule has 0 spiro atoms. The smallest absolute Gasteiger partial charge is 0.421 e. The van der Waals surface area contributed by atoms with Gasteiger partial charge in [0, 0.05) is 17.1 Å². The van der Waals surface area contributed by atoms with Crippen molar-refractivity contribution in [2.75, 3.05) is 4.90 Å². The standard InChI is InChI=1S/C18H15N.B2H4O3/c1-4-10-16(11-5-1)19(17-12-6-2-7-13-17)18-14-8-3-9-15-18;3-1-5-2-4/h1-15H;1-4H. The summed E-state index contributed by atoms with van der Waals surface area (Å²) in [6.07, 6.45) is 0. The van der Waals surface area contributed by atoms with E-state index < -0.39 is 15.4 Å². The minimum Gasteiger partial charge on any atom is -0.457 e. The van der Waals surface area contributed by atoms with Crippen molar-refractivity contribution in [1.29, 1.82) is 0 Å². The summed E-state index contributed by atoms with van der Waals surface area (Å²) in [5, 5.41) is 15.4. The van der Waals surface area contributed by atoms with Gasteiger partial charge in [0.05, 0.1) is 0 Å². The zero-order chi connectivity index (χ0) is 17.0. The summed E-state index contributed by atoms with van der Waals surface area (Å²) in [7, 11) is -0.812. The maximum absolute atomic E-state index is 7.68. The average molecular weight is 319 g/mol. The molecule has 4 nitrogen and oxygen atoms in total. The maximum atomic E-state index is 7.68. The first-order valence-corrected chi connectivity index (χ1v) is 7.61. The lowest BCUT2D eigenvalue weighted by Crippen LogP contribution is -2.09. The van der Waals surface area contributed by atoms with E-state index in [-0.39, 0.29) is 0 Å². The second-order valence-electron chi connectivity index (χ2n) is 4.80. The molecule has 3 aromatic carbocycles. The monoisotopic (exact) mass is 319 g/mol. The number of para-hydroxylation sites is 3. The summed E-state index contributed by atoms with van der Waals surface area (Å²) in [6.45, 7) is 0. The first-order valence-electron chi connectivity index (χ1n) is 7.61. The molecule has 0 aromatic heterocycles. The fraction of sp³-hybridized carbons (Fsp3) is 0. The van der Waals surface area contributed by atoms with Gasteiger partial charge >= 0.3 is 15.4 Å². The Morgan fingerprint density at radius 2 is 0.833 bits per heavy atom. The molecule has 2 N–H and O–H groups in total. The molecule has 120 valence electrons. The molecular weight excluding hydrogens is 300 g/mol. The molecule has 3 aromatic rings. The van der Waals surface area contributed by atoms with Gasteiger partial charge in [-0.15, -0.1) is 0 Å². The van der Waals surface area contributed by atoms with Gasteiger partial charge in [0.2, 0.25) is 0 Å². The molecule has 0 aliphatic heterocycles. The quantitative estimate of drug-likeness (QED) is 0.710. The number of hydrogen-bond donors (Lipinski definition) is 2. The van der Waals surface area contributed by atoms with Crippen LogP contribution in [0, 0.1) is 0 Å². The summed E-state index contributed by atoms with van der Waals surface area (Å²) in [5.41, 5.74) is 3.50. The molecule has 0 aliphatic rings. The highest BCUT2D eigenvalue weighted by Crippen LogP contribution is 2.33. The van der Waals surface area contributed by atoms with Crippen LogP contribution < -0.4 is 4.90 Å². The molecule has 6 heteroatoms. The average Bonchev–Trinajstić information content (AvgIpc) is 2.66. The molecule has 0 bridgehead atoms. The van der Waals surface area contributed by atoms with Gasteiger partial charge in [0.15, 0.2) is 0 Å². The Morgan fingerprint density at radius 3 is 1.04 bits per heavy atom. The van der Waals surface area contributed by atoms with Crippen LogP contribution >= 0.6 is 0 Å². The predicted octanol–water partition coefficient (Wildman–Crippen LogP) is 2.68. The van der Waals surface area contributed by atoms with Crippen LogP contribution in [0.25, 0.3) is 0 Å². The Hall–Kier alpha value is -2.53. The third kappa shape index (κ3) is 5.28. The Bertz CT molecular complexity index is 588. The minimum absolute atomic E-state index is 0.406. The van der Waals surface area contributed by atoms with Crippen LogP contribution in [-0.4, -0.2) is 25.4 Å². The first-order chi connectivity index (χ1) is 11.9. The molecule has 0 heterocycles. The lowest BCUT2D eigenvalue weighted by atomic mass is 10.2. The lowest BCUT2D eigenvalue weighted by molar-refractivity contribution is 0.408. The number of anilines is 3. The molecule has 0 saturated heterocycles. The third-order valence-corrected chi connectivity index (χ3v) is 3.23. The van der Waals surface area contributed by atoms with Crippen LogP contribution in [0.4, 0.5) is 17.1 Å². The number of hydrogen-bond acceptors (Lipinski definition) is 4. The maximum Gasteiger partial charge on any atom is 0.421 e. The summed E-state index contributed by atoms with van der Waals surface area (Å²) in [5.74, 6) is 0. The fourth-order valence-electron chi connectivity index (χ4n) is 2.22. The lowest BCUT2D eigenvalue weighted by Gasteiger charge is -2.25. The van der Waals surface area contributed by atoms with Gasteiger partial charge in [-0.2, -0.15) is 0 Å². The Morgan fingerprint density at radius 1 is 0.542 bits per heavy atom. The van der Waals surface area contributed by atoms with Crippen molar-refractivity contribution in [3.8, 4) is 0 Å². The SMILES string of the molecule is OBOBO.c1ccc(N(c2ccccc2)c2ccccc2)cc1. The molecule has 24 heavy (non-hydrogen) atoms. The third-order valence-electron chi connectivity index (χ3n) is 3.23. The van der Waals surface area contributed by atoms with Gasteiger partial charge in [0.1, 0.15) is 0 Å². The summed E-state index contributed by atoms with van der Waals surface area (Å²) >= 11 is 0. The fourth-order valence-corrected chi connectivity index (χ4v) is 2.22. The van der Waals surface area contributed by atoms with E-state index in [0.717, 1.165) is 0 Å². The van der Waals surface area contributed by atoms with Crippen molar-refractivity contribution in [3.63, 3.8) is 0 Å². The van der Waals surface area contributed by atoms with Crippen molar-refractivity contribution in [3.05, 3.63) is 91.0 Å². The van der Waals surface area contributed by atoms with Crippen molar-refractivity contribution < 1.29 is 14.6 Å². The van der Waals surface area contributed by atoms with Gasteiger partial charge in [-0.25, -0.2) is 0 Å². The molecule has 0 unspecified atom stereocenters. The second kappa shape index (κ2) is 10.3. The van der Waals surface area contributed by atoms with E-state index >= 15 is 0 Å². The van der Waals surface area contributed by atoms with Crippen LogP contribution in [0.15, 0.2) is 91.0 Å². The topological polar surface area (TPSA) is 52.9 Å². The Labute approximate surface area is 143 Å². The first kappa shape index (κ1) is 17.8. The number of nitrogens with zero attached hydrogens (tertiary/aromatic N) is 1. The molecule has 0 aliphatic carbocycles. The van der Waals surface area contributed by atoms with Crippen LogP contribution in [-0.2, 0) is 4.57 Å². The normalized spacial score (nSPS) is 9.42. The molecule has 0 atom stereocenters. The van der Waals surface area contributed by atoms with Crippen LogP contribution in [0.5, 0.6) is 0 Å².